The number of aryl methyl sites for hydroxylation is 1. The van der Waals surface area contributed by atoms with Crippen molar-refractivity contribution in [3.63, 3.8) is 0 Å². The maximum atomic E-state index is 5.94. The van der Waals surface area contributed by atoms with Crippen molar-refractivity contribution in [3.8, 4) is 5.88 Å². The molecular weight excluding hydrogens is 216 g/mol. The van der Waals surface area contributed by atoms with Crippen LogP contribution in [0.2, 0.25) is 5.15 Å². The summed E-state index contributed by atoms with van der Waals surface area (Å²) in [4.78, 5) is 8.28. The maximum absolute atomic E-state index is 5.94. The quantitative estimate of drug-likeness (QED) is 0.726. The summed E-state index contributed by atoms with van der Waals surface area (Å²) in [6.45, 7) is 5.03. The predicted molar refractivity (Wildman–Crippen MR) is 56.4 cm³/mol. The Morgan fingerprint density at radius 1 is 1.40 bits per heavy atom. The van der Waals surface area contributed by atoms with E-state index in [1.54, 1.807) is 6.92 Å². The van der Waals surface area contributed by atoms with Crippen LogP contribution in [0.25, 0.3) is 0 Å². The molecule has 5 heteroatoms. The Balaban J connectivity index is 2.19. The average Bonchev–Trinajstić information content (AvgIpc) is 2.66. The number of aromatic nitrogens is 2. The van der Waals surface area contributed by atoms with E-state index in [4.69, 9.17) is 21.1 Å². The molecule has 0 aromatic carbocycles. The van der Waals surface area contributed by atoms with Gasteiger partial charge in [0.15, 0.2) is 0 Å². The van der Waals surface area contributed by atoms with E-state index in [0.717, 1.165) is 18.6 Å². The van der Waals surface area contributed by atoms with E-state index in [1.807, 2.05) is 6.92 Å². The van der Waals surface area contributed by atoms with Crippen LogP contribution in [0.5, 0.6) is 5.88 Å². The second-order valence-corrected chi connectivity index (χ2v) is 3.95. The topological polar surface area (TPSA) is 44.2 Å². The van der Waals surface area contributed by atoms with Crippen molar-refractivity contribution in [1.82, 2.24) is 9.97 Å². The minimum Gasteiger partial charge on any atom is -0.471 e. The van der Waals surface area contributed by atoms with E-state index >= 15 is 0 Å². The van der Waals surface area contributed by atoms with Crippen LogP contribution in [0.4, 0.5) is 0 Å². The summed E-state index contributed by atoms with van der Waals surface area (Å²) >= 11 is 5.94. The van der Waals surface area contributed by atoms with Gasteiger partial charge in [-0.05, 0) is 13.8 Å². The largest absolute Gasteiger partial charge is 0.471 e. The highest BCUT2D eigenvalue weighted by Gasteiger charge is 2.19. The van der Waals surface area contributed by atoms with Gasteiger partial charge in [-0.15, -0.1) is 0 Å². The molecule has 1 aromatic heterocycles. The van der Waals surface area contributed by atoms with Crippen LogP contribution < -0.4 is 4.74 Å². The zero-order valence-electron chi connectivity index (χ0n) is 8.79. The zero-order valence-corrected chi connectivity index (χ0v) is 9.54. The highest BCUT2D eigenvalue weighted by molar-refractivity contribution is 6.30. The first-order valence-electron chi connectivity index (χ1n) is 4.92. The van der Waals surface area contributed by atoms with Crippen LogP contribution in [0.15, 0.2) is 0 Å². The molecular formula is C10H13ClN2O2. The molecule has 0 spiro atoms. The van der Waals surface area contributed by atoms with E-state index < -0.39 is 0 Å². The second kappa shape index (κ2) is 4.33. The summed E-state index contributed by atoms with van der Waals surface area (Å²) in [6, 6.07) is 0. The van der Waals surface area contributed by atoms with E-state index in [2.05, 4.69) is 9.97 Å². The Bertz CT molecular complexity index is 365. The van der Waals surface area contributed by atoms with Gasteiger partial charge in [0.1, 0.15) is 17.1 Å². The number of hydrogen-bond acceptors (Lipinski definition) is 4. The first-order valence-corrected chi connectivity index (χ1v) is 5.30. The number of hydrogen-bond donors (Lipinski definition) is 0. The van der Waals surface area contributed by atoms with Gasteiger partial charge in [-0.2, -0.15) is 4.98 Å². The van der Waals surface area contributed by atoms with Gasteiger partial charge in [0.2, 0.25) is 5.88 Å². The summed E-state index contributed by atoms with van der Waals surface area (Å²) < 4.78 is 10.9. The van der Waals surface area contributed by atoms with Crippen molar-refractivity contribution >= 4 is 11.6 Å². The Labute approximate surface area is 93.6 Å². The molecule has 1 saturated heterocycles. The number of rotatable bonds is 2. The van der Waals surface area contributed by atoms with Crippen molar-refractivity contribution in [2.24, 2.45) is 0 Å². The molecule has 1 aromatic rings. The van der Waals surface area contributed by atoms with Gasteiger partial charge >= 0.3 is 0 Å². The molecule has 15 heavy (non-hydrogen) atoms. The molecule has 0 saturated carbocycles. The molecule has 1 fully saturated rings. The first kappa shape index (κ1) is 10.6. The monoisotopic (exact) mass is 228 g/mol. The molecule has 4 nitrogen and oxygen atoms in total. The molecule has 0 radical (unpaired) electrons. The fraction of sp³-hybridized carbons (Fsp3) is 0.600. The van der Waals surface area contributed by atoms with E-state index in [9.17, 15) is 0 Å². The minimum absolute atomic E-state index is 0.0917. The minimum atomic E-state index is 0.0917. The molecule has 0 aliphatic carbocycles. The lowest BCUT2D eigenvalue weighted by Gasteiger charge is -2.13. The number of nitrogens with zero attached hydrogens (tertiary/aromatic N) is 2. The molecule has 1 atom stereocenters. The molecule has 1 aliphatic heterocycles. The molecule has 0 N–H and O–H groups in total. The lowest BCUT2D eigenvalue weighted by atomic mass is 10.3. The highest BCUT2D eigenvalue weighted by Crippen LogP contribution is 2.24. The summed E-state index contributed by atoms with van der Waals surface area (Å²) in [7, 11) is 0. The third-order valence-corrected chi connectivity index (χ3v) is 2.69. The Hall–Kier alpha value is -0.870. The smallest absolute Gasteiger partial charge is 0.221 e. The van der Waals surface area contributed by atoms with Crippen molar-refractivity contribution in [1.29, 1.82) is 0 Å². The Morgan fingerprint density at radius 3 is 2.87 bits per heavy atom. The summed E-state index contributed by atoms with van der Waals surface area (Å²) in [5.74, 6) is 1.20. The van der Waals surface area contributed by atoms with E-state index in [1.165, 1.54) is 0 Å². The van der Waals surface area contributed by atoms with Gasteiger partial charge in [0.05, 0.1) is 13.2 Å². The van der Waals surface area contributed by atoms with Crippen LogP contribution >= 0.6 is 11.6 Å². The Kier molecular flexibility index (Phi) is 3.07. The van der Waals surface area contributed by atoms with Crippen molar-refractivity contribution in [2.75, 3.05) is 13.2 Å². The van der Waals surface area contributed by atoms with Crippen LogP contribution in [0, 0.1) is 13.8 Å². The SMILES string of the molecule is Cc1nc(Cl)c(C)c(OC2CCOC2)n1. The first-order chi connectivity index (χ1) is 7.16. The maximum Gasteiger partial charge on any atom is 0.221 e. The van der Waals surface area contributed by atoms with Gasteiger partial charge in [-0.1, -0.05) is 11.6 Å². The van der Waals surface area contributed by atoms with Crippen LogP contribution in [0.1, 0.15) is 17.8 Å². The van der Waals surface area contributed by atoms with Gasteiger partial charge in [-0.3, -0.25) is 0 Å². The van der Waals surface area contributed by atoms with Crippen molar-refractivity contribution in [2.45, 2.75) is 26.4 Å². The lowest BCUT2D eigenvalue weighted by molar-refractivity contribution is 0.137. The zero-order chi connectivity index (χ0) is 10.8. The van der Waals surface area contributed by atoms with Gasteiger partial charge in [-0.25, -0.2) is 4.98 Å². The fourth-order valence-electron chi connectivity index (χ4n) is 1.45. The third-order valence-electron chi connectivity index (χ3n) is 2.32. The molecule has 1 aliphatic rings. The highest BCUT2D eigenvalue weighted by atomic mass is 35.5. The second-order valence-electron chi connectivity index (χ2n) is 3.60. The molecule has 2 rings (SSSR count). The van der Waals surface area contributed by atoms with Crippen LogP contribution in [0.3, 0.4) is 0 Å². The number of ether oxygens (including phenoxy) is 2. The Morgan fingerprint density at radius 2 is 2.20 bits per heavy atom. The fourth-order valence-corrected chi connectivity index (χ4v) is 1.65. The van der Waals surface area contributed by atoms with Crippen molar-refractivity contribution in [3.05, 3.63) is 16.5 Å². The summed E-state index contributed by atoms with van der Waals surface area (Å²) in [5.41, 5.74) is 0.786. The van der Waals surface area contributed by atoms with Crippen LogP contribution in [-0.2, 0) is 4.74 Å². The molecule has 1 unspecified atom stereocenters. The van der Waals surface area contributed by atoms with Gasteiger partial charge < -0.3 is 9.47 Å². The van der Waals surface area contributed by atoms with Crippen molar-refractivity contribution < 1.29 is 9.47 Å². The third kappa shape index (κ3) is 2.38. The van der Waals surface area contributed by atoms with Gasteiger partial charge in [0.25, 0.3) is 0 Å². The lowest BCUT2D eigenvalue weighted by Crippen LogP contribution is -2.17. The molecule has 2 heterocycles. The normalized spacial score (nSPS) is 20.6. The molecule has 0 bridgehead atoms. The molecule has 0 amide bonds. The summed E-state index contributed by atoms with van der Waals surface area (Å²) in [5, 5.41) is 0.455. The predicted octanol–water partition coefficient (Wildman–Crippen LogP) is 1.91. The number of halogens is 1. The van der Waals surface area contributed by atoms with Crippen LogP contribution in [-0.4, -0.2) is 29.3 Å². The molecule has 82 valence electrons. The van der Waals surface area contributed by atoms with E-state index in [0.29, 0.717) is 23.5 Å². The van der Waals surface area contributed by atoms with Gasteiger partial charge in [0, 0.05) is 12.0 Å². The average molecular weight is 229 g/mol. The summed E-state index contributed by atoms with van der Waals surface area (Å²) in [6.07, 6.45) is 0.995. The standard InChI is InChI=1S/C10H13ClN2O2/c1-6-9(11)12-7(2)13-10(6)15-8-3-4-14-5-8/h8H,3-5H2,1-2H3. The van der Waals surface area contributed by atoms with E-state index in [-0.39, 0.29) is 6.10 Å².